The monoisotopic (exact) mass is 265 g/mol. The molecule has 1 amide bonds. The fourth-order valence-corrected chi connectivity index (χ4v) is 1.89. The molecule has 0 saturated carbocycles. The van der Waals surface area contributed by atoms with Gasteiger partial charge in [-0.2, -0.15) is 0 Å². The van der Waals surface area contributed by atoms with E-state index < -0.39 is 0 Å². The number of hydrogen-bond donors (Lipinski definition) is 2. The molecule has 19 heavy (non-hydrogen) atoms. The van der Waals surface area contributed by atoms with Crippen LogP contribution in [0, 0.1) is 0 Å². The van der Waals surface area contributed by atoms with Gasteiger partial charge < -0.3 is 20.7 Å². The molecule has 0 aliphatic rings. The highest BCUT2D eigenvalue weighted by Crippen LogP contribution is 2.31. The fraction of sp³-hybridized carbons (Fsp3) is 0.500. The lowest BCUT2D eigenvalue weighted by atomic mass is 10.2. The van der Waals surface area contributed by atoms with Crippen molar-refractivity contribution >= 4 is 17.3 Å². The molecule has 3 N–H and O–H groups in total. The third-order valence-corrected chi connectivity index (χ3v) is 2.77. The Hall–Kier alpha value is -1.91. The SMILES string of the molecule is CCN(CC(=O)NC(C)C)c1cccc(OC)c1N. The number of rotatable bonds is 6. The summed E-state index contributed by atoms with van der Waals surface area (Å²) in [5.74, 6) is 0.610. The molecule has 0 unspecified atom stereocenters. The van der Waals surface area contributed by atoms with Crippen LogP contribution in [0.3, 0.4) is 0 Å². The molecule has 1 aromatic rings. The Balaban J connectivity index is 2.88. The van der Waals surface area contributed by atoms with Crippen molar-refractivity contribution in [1.29, 1.82) is 0 Å². The van der Waals surface area contributed by atoms with Crippen LogP contribution in [0.5, 0.6) is 5.75 Å². The number of nitrogens with two attached hydrogens (primary N) is 1. The van der Waals surface area contributed by atoms with E-state index in [2.05, 4.69) is 5.32 Å². The van der Waals surface area contributed by atoms with Gasteiger partial charge >= 0.3 is 0 Å². The van der Waals surface area contributed by atoms with E-state index in [1.165, 1.54) is 0 Å². The van der Waals surface area contributed by atoms with E-state index in [4.69, 9.17) is 10.5 Å². The Kier molecular flexibility index (Phi) is 5.48. The zero-order valence-electron chi connectivity index (χ0n) is 12.1. The smallest absolute Gasteiger partial charge is 0.239 e. The number of nitrogen functional groups attached to an aromatic ring is 1. The largest absolute Gasteiger partial charge is 0.495 e. The second kappa shape index (κ2) is 6.87. The van der Waals surface area contributed by atoms with Gasteiger partial charge in [0.1, 0.15) is 5.75 Å². The second-order valence-electron chi connectivity index (χ2n) is 4.63. The van der Waals surface area contributed by atoms with Crippen molar-refractivity contribution < 1.29 is 9.53 Å². The fourth-order valence-electron chi connectivity index (χ4n) is 1.89. The van der Waals surface area contributed by atoms with Crippen LogP contribution in [0.15, 0.2) is 18.2 Å². The Morgan fingerprint density at radius 1 is 1.47 bits per heavy atom. The molecule has 0 bridgehead atoms. The maximum Gasteiger partial charge on any atom is 0.239 e. The number of ether oxygens (including phenoxy) is 1. The van der Waals surface area contributed by atoms with E-state index in [1.807, 2.05) is 37.8 Å². The van der Waals surface area contributed by atoms with Crippen molar-refractivity contribution in [2.45, 2.75) is 26.8 Å². The maximum absolute atomic E-state index is 11.8. The maximum atomic E-state index is 11.8. The van der Waals surface area contributed by atoms with Gasteiger partial charge in [-0.25, -0.2) is 0 Å². The van der Waals surface area contributed by atoms with E-state index in [1.54, 1.807) is 13.2 Å². The molecule has 1 aromatic carbocycles. The summed E-state index contributed by atoms with van der Waals surface area (Å²) in [6.07, 6.45) is 0. The molecule has 5 heteroatoms. The number of carbonyl (C=O) groups is 1. The summed E-state index contributed by atoms with van der Waals surface area (Å²) in [4.78, 5) is 13.8. The van der Waals surface area contributed by atoms with Crippen LogP contribution in [0.2, 0.25) is 0 Å². The first-order valence-electron chi connectivity index (χ1n) is 6.46. The first-order chi connectivity index (χ1) is 8.99. The number of carbonyl (C=O) groups excluding carboxylic acids is 1. The summed E-state index contributed by atoms with van der Waals surface area (Å²) in [7, 11) is 1.58. The quantitative estimate of drug-likeness (QED) is 0.767. The summed E-state index contributed by atoms with van der Waals surface area (Å²) in [5.41, 5.74) is 7.43. The van der Waals surface area contributed by atoms with Crippen LogP contribution in [-0.2, 0) is 4.79 Å². The molecule has 0 aliphatic heterocycles. The molecule has 0 atom stereocenters. The number of hydrogen-bond acceptors (Lipinski definition) is 4. The molecule has 0 spiro atoms. The number of benzene rings is 1. The minimum absolute atomic E-state index is 0.0148. The van der Waals surface area contributed by atoms with Crippen molar-refractivity contribution in [1.82, 2.24) is 5.32 Å². The normalized spacial score (nSPS) is 10.4. The molecular formula is C14H23N3O2. The van der Waals surface area contributed by atoms with Gasteiger partial charge in [0.2, 0.25) is 5.91 Å². The summed E-state index contributed by atoms with van der Waals surface area (Å²) in [6.45, 7) is 6.85. The van der Waals surface area contributed by atoms with Crippen LogP contribution < -0.4 is 20.7 Å². The van der Waals surface area contributed by atoms with Crippen LogP contribution in [0.4, 0.5) is 11.4 Å². The van der Waals surface area contributed by atoms with Gasteiger partial charge in [0, 0.05) is 12.6 Å². The topological polar surface area (TPSA) is 67.6 Å². The minimum Gasteiger partial charge on any atom is -0.495 e. The summed E-state index contributed by atoms with van der Waals surface area (Å²) >= 11 is 0. The van der Waals surface area contributed by atoms with E-state index in [0.29, 0.717) is 18.0 Å². The highest BCUT2D eigenvalue weighted by Gasteiger charge is 2.15. The molecule has 106 valence electrons. The second-order valence-corrected chi connectivity index (χ2v) is 4.63. The summed E-state index contributed by atoms with van der Waals surface area (Å²) < 4.78 is 5.20. The van der Waals surface area contributed by atoms with E-state index in [-0.39, 0.29) is 18.5 Å². The van der Waals surface area contributed by atoms with Crippen molar-refractivity contribution in [3.8, 4) is 5.75 Å². The van der Waals surface area contributed by atoms with Gasteiger partial charge in [-0.1, -0.05) is 6.07 Å². The summed E-state index contributed by atoms with van der Waals surface area (Å²) in [5, 5.41) is 2.87. The number of anilines is 2. The molecule has 5 nitrogen and oxygen atoms in total. The number of nitrogens with one attached hydrogen (secondary N) is 1. The number of para-hydroxylation sites is 1. The number of amides is 1. The van der Waals surface area contributed by atoms with Crippen molar-refractivity contribution in [3.63, 3.8) is 0 Å². The van der Waals surface area contributed by atoms with Crippen LogP contribution in [-0.4, -0.2) is 32.1 Å². The van der Waals surface area contributed by atoms with E-state index in [0.717, 1.165) is 5.69 Å². The van der Waals surface area contributed by atoms with E-state index >= 15 is 0 Å². The zero-order chi connectivity index (χ0) is 14.4. The van der Waals surface area contributed by atoms with Crippen LogP contribution in [0.25, 0.3) is 0 Å². The minimum atomic E-state index is -0.0148. The lowest BCUT2D eigenvalue weighted by Crippen LogP contribution is -2.40. The lowest BCUT2D eigenvalue weighted by Gasteiger charge is -2.25. The predicted octanol–water partition coefficient (Wildman–Crippen LogP) is 1.63. The molecular weight excluding hydrogens is 242 g/mol. The van der Waals surface area contributed by atoms with Gasteiger partial charge in [0.05, 0.1) is 25.0 Å². The third kappa shape index (κ3) is 4.05. The first kappa shape index (κ1) is 15.1. The van der Waals surface area contributed by atoms with E-state index in [9.17, 15) is 4.79 Å². The number of methoxy groups -OCH3 is 1. The predicted molar refractivity (Wildman–Crippen MR) is 78.6 cm³/mol. The number of likely N-dealkylation sites (N-methyl/N-ethyl adjacent to an activating group) is 1. The molecule has 0 radical (unpaired) electrons. The molecule has 0 saturated heterocycles. The average molecular weight is 265 g/mol. The van der Waals surface area contributed by atoms with Gasteiger partial charge in [0.15, 0.2) is 0 Å². The lowest BCUT2D eigenvalue weighted by molar-refractivity contribution is -0.120. The number of nitrogens with zero attached hydrogens (tertiary/aromatic N) is 1. The Labute approximate surface area is 114 Å². The van der Waals surface area contributed by atoms with Crippen LogP contribution >= 0.6 is 0 Å². The third-order valence-electron chi connectivity index (χ3n) is 2.77. The highest BCUT2D eigenvalue weighted by molar-refractivity contribution is 5.84. The van der Waals surface area contributed by atoms with Crippen molar-refractivity contribution in [3.05, 3.63) is 18.2 Å². The summed E-state index contributed by atoms with van der Waals surface area (Å²) in [6, 6.07) is 5.70. The Morgan fingerprint density at radius 2 is 2.16 bits per heavy atom. The van der Waals surface area contributed by atoms with Crippen LogP contribution in [0.1, 0.15) is 20.8 Å². The van der Waals surface area contributed by atoms with Crippen molar-refractivity contribution in [2.24, 2.45) is 0 Å². The van der Waals surface area contributed by atoms with Gasteiger partial charge in [-0.15, -0.1) is 0 Å². The zero-order valence-corrected chi connectivity index (χ0v) is 12.1. The Bertz CT molecular complexity index is 433. The van der Waals surface area contributed by atoms with Gasteiger partial charge in [-0.05, 0) is 32.9 Å². The van der Waals surface area contributed by atoms with Gasteiger partial charge in [-0.3, -0.25) is 4.79 Å². The molecule has 0 aromatic heterocycles. The molecule has 0 fully saturated rings. The standard InChI is InChI=1S/C14H23N3O2/c1-5-17(9-13(18)16-10(2)3)11-7-6-8-12(19-4)14(11)15/h6-8,10H,5,9,15H2,1-4H3,(H,16,18). The average Bonchev–Trinajstić information content (AvgIpc) is 2.35. The Morgan fingerprint density at radius 3 is 2.68 bits per heavy atom. The molecule has 0 aliphatic carbocycles. The van der Waals surface area contributed by atoms with Crippen molar-refractivity contribution in [2.75, 3.05) is 30.8 Å². The first-order valence-corrected chi connectivity index (χ1v) is 6.46. The molecule has 0 heterocycles. The van der Waals surface area contributed by atoms with Gasteiger partial charge in [0.25, 0.3) is 0 Å². The molecule has 1 rings (SSSR count). The highest BCUT2D eigenvalue weighted by atomic mass is 16.5.